The summed E-state index contributed by atoms with van der Waals surface area (Å²) in [6.07, 6.45) is 3.61. The van der Waals surface area contributed by atoms with Crippen LogP contribution in [0.1, 0.15) is 43.0 Å². The molecule has 0 aliphatic rings. The number of unbranched alkanes of at least 4 members (excludes halogenated alkanes) is 3. The lowest BCUT2D eigenvalue weighted by Crippen LogP contribution is -2.10. The van der Waals surface area contributed by atoms with E-state index in [0.717, 1.165) is 31.4 Å². The van der Waals surface area contributed by atoms with Gasteiger partial charge < -0.3 is 4.74 Å². The Kier molecular flexibility index (Phi) is 6.90. The van der Waals surface area contributed by atoms with Gasteiger partial charge in [-0.05, 0) is 18.6 Å². The molecule has 1 rings (SSSR count). The lowest BCUT2D eigenvalue weighted by molar-refractivity contribution is 0.0492. The molecule has 0 radical (unpaired) electrons. The Morgan fingerprint density at radius 3 is 2.52 bits per heavy atom. The SMILES string of the molecule is CCCCCCOC(=O)c1cc(S(=O)(=O)Cl)c(Cl)cc1F. The molecule has 1 aromatic carbocycles. The van der Waals surface area contributed by atoms with Crippen LogP contribution in [0.5, 0.6) is 0 Å². The maximum absolute atomic E-state index is 13.7. The molecule has 0 amide bonds. The maximum atomic E-state index is 13.7. The van der Waals surface area contributed by atoms with Crippen molar-refractivity contribution in [2.75, 3.05) is 6.61 Å². The van der Waals surface area contributed by atoms with Gasteiger partial charge in [-0.25, -0.2) is 17.6 Å². The van der Waals surface area contributed by atoms with E-state index in [1.807, 2.05) is 6.92 Å². The van der Waals surface area contributed by atoms with E-state index in [1.165, 1.54) is 0 Å². The van der Waals surface area contributed by atoms with Gasteiger partial charge in [0.15, 0.2) is 0 Å². The highest BCUT2D eigenvalue weighted by Crippen LogP contribution is 2.28. The molecule has 0 saturated carbocycles. The lowest BCUT2D eigenvalue weighted by atomic mass is 10.2. The number of ether oxygens (including phenoxy) is 1. The van der Waals surface area contributed by atoms with E-state index in [4.69, 9.17) is 27.0 Å². The Hall–Kier alpha value is -0.850. The molecule has 0 bridgehead atoms. The van der Waals surface area contributed by atoms with E-state index in [-0.39, 0.29) is 11.6 Å². The molecular weight excluding hydrogens is 342 g/mol. The largest absolute Gasteiger partial charge is 0.462 e. The van der Waals surface area contributed by atoms with Gasteiger partial charge in [0.1, 0.15) is 10.7 Å². The van der Waals surface area contributed by atoms with Crippen molar-refractivity contribution in [2.45, 2.75) is 37.5 Å². The molecule has 0 heterocycles. The highest BCUT2D eigenvalue weighted by atomic mass is 35.7. The van der Waals surface area contributed by atoms with E-state index in [9.17, 15) is 17.6 Å². The van der Waals surface area contributed by atoms with Gasteiger partial charge in [0.25, 0.3) is 9.05 Å². The zero-order valence-corrected chi connectivity index (χ0v) is 13.7. The average Bonchev–Trinajstić information content (AvgIpc) is 2.36. The first kappa shape index (κ1) is 18.2. The fourth-order valence-electron chi connectivity index (χ4n) is 1.64. The summed E-state index contributed by atoms with van der Waals surface area (Å²) in [4.78, 5) is 11.2. The predicted octanol–water partition coefficient (Wildman–Crippen LogP) is 4.14. The Morgan fingerprint density at radius 1 is 1.29 bits per heavy atom. The van der Waals surface area contributed by atoms with Gasteiger partial charge in [-0.1, -0.05) is 37.8 Å². The molecule has 8 heteroatoms. The third-order valence-corrected chi connectivity index (χ3v) is 4.52. The molecule has 21 heavy (non-hydrogen) atoms. The first-order valence-corrected chi connectivity index (χ1v) is 9.07. The van der Waals surface area contributed by atoms with E-state index < -0.39 is 31.3 Å². The molecule has 0 saturated heterocycles. The number of rotatable bonds is 7. The Morgan fingerprint density at radius 2 is 1.95 bits per heavy atom. The van der Waals surface area contributed by atoms with Gasteiger partial charge in [0.2, 0.25) is 0 Å². The Balaban J connectivity index is 2.85. The number of hydrogen-bond donors (Lipinski definition) is 0. The van der Waals surface area contributed by atoms with E-state index >= 15 is 0 Å². The summed E-state index contributed by atoms with van der Waals surface area (Å²) < 4.78 is 41.1. The van der Waals surface area contributed by atoms with Crippen molar-refractivity contribution in [3.05, 3.63) is 28.5 Å². The molecule has 118 valence electrons. The van der Waals surface area contributed by atoms with Crippen molar-refractivity contribution in [1.29, 1.82) is 0 Å². The van der Waals surface area contributed by atoms with Crippen LogP contribution in [0.4, 0.5) is 4.39 Å². The summed E-state index contributed by atoms with van der Waals surface area (Å²) in [6.45, 7) is 2.19. The van der Waals surface area contributed by atoms with Crippen LogP contribution in [-0.2, 0) is 13.8 Å². The van der Waals surface area contributed by atoms with Gasteiger partial charge in [0, 0.05) is 10.7 Å². The lowest BCUT2D eigenvalue weighted by Gasteiger charge is -2.08. The van der Waals surface area contributed by atoms with Gasteiger partial charge in [-0.15, -0.1) is 0 Å². The highest BCUT2D eigenvalue weighted by molar-refractivity contribution is 8.13. The molecule has 4 nitrogen and oxygen atoms in total. The zero-order chi connectivity index (χ0) is 16.0. The van der Waals surface area contributed by atoms with Crippen molar-refractivity contribution < 1.29 is 22.3 Å². The van der Waals surface area contributed by atoms with Crippen molar-refractivity contribution in [3.63, 3.8) is 0 Å². The van der Waals surface area contributed by atoms with Crippen LogP contribution < -0.4 is 0 Å². The standard InChI is InChI=1S/C13H15Cl2FO4S/c1-2-3-4-5-6-20-13(17)9-7-12(21(15,18)19)10(14)8-11(9)16/h7-8H,2-6H2,1H3. The number of esters is 1. The van der Waals surface area contributed by atoms with Crippen molar-refractivity contribution >= 4 is 37.3 Å². The van der Waals surface area contributed by atoms with Gasteiger partial charge in [-0.3, -0.25) is 0 Å². The molecule has 0 fully saturated rings. The molecule has 0 atom stereocenters. The zero-order valence-electron chi connectivity index (χ0n) is 11.4. The minimum atomic E-state index is -4.17. The van der Waals surface area contributed by atoms with E-state index in [1.54, 1.807) is 0 Å². The fraction of sp³-hybridized carbons (Fsp3) is 0.462. The molecule has 0 unspecified atom stereocenters. The second kappa shape index (κ2) is 7.96. The normalized spacial score (nSPS) is 11.4. The number of carbonyl (C=O) groups excluding carboxylic acids is 1. The van der Waals surface area contributed by atoms with Crippen LogP contribution >= 0.6 is 22.3 Å². The van der Waals surface area contributed by atoms with Crippen molar-refractivity contribution in [1.82, 2.24) is 0 Å². The van der Waals surface area contributed by atoms with E-state index in [2.05, 4.69) is 0 Å². The van der Waals surface area contributed by atoms with Crippen LogP contribution in [0.2, 0.25) is 5.02 Å². The van der Waals surface area contributed by atoms with Crippen molar-refractivity contribution in [3.8, 4) is 0 Å². The first-order valence-electron chi connectivity index (χ1n) is 6.38. The minimum absolute atomic E-state index is 0.143. The number of hydrogen-bond acceptors (Lipinski definition) is 4. The first-order chi connectivity index (χ1) is 9.77. The van der Waals surface area contributed by atoms with Crippen LogP contribution in [0.15, 0.2) is 17.0 Å². The third kappa shape index (κ3) is 5.45. The van der Waals surface area contributed by atoms with Crippen LogP contribution in [0.3, 0.4) is 0 Å². The summed E-state index contributed by atoms with van der Waals surface area (Å²) in [5, 5.41) is -0.387. The molecule has 0 aromatic heterocycles. The Labute approximate surface area is 132 Å². The van der Waals surface area contributed by atoms with E-state index in [0.29, 0.717) is 6.42 Å². The number of benzene rings is 1. The second-order valence-corrected chi connectivity index (χ2v) is 7.34. The summed E-state index contributed by atoms with van der Waals surface area (Å²) >= 11 is 5.60. The van der Waals surface area contributed by atoms with Gasteiger partial charge in [0.05, 0.1) is 17.2 Å². The van der Waals surface area contributed by atoms with Crippen molar-refractivity contribution in [2.24, 2.45) is 0 Å². The average molecular weight is 357 g/mol. The quantitative estimate of drug-likeness (QED) is 0.418. The van der Waals surface area contributed by atoms with Crippen LogP contribution in [0.25, 0.3) is 0 Å². The monoisotopic (exact) mass is 356 g/mol. The highest BCUT2D eigenvalue weighted by Gasteiger charge is 2.22. The van der Waals surface area contributed by atoms with Gasteiger partial charge in [-0.2, -0.15) is 0 Å². The number of carbonyl (C=O) groups is 1. The number of halogens is 3. The summed E-state index contributed by atoms with van der Waals surface area (Å²) in [5.41, 5.74) is -0.505. The Bertz CT molecular complexity index is 617. The molecule has 0 spiro atoms. The minimum Gasteiger partial charge on any atom is -0.462 e. The fourth-order valence-corrected chi connectivity index (χ4v) is 3.15. The third-order valence-electron chi connectivity index (χ3n) is 2.74. The topological polar surface area (TPSA) is 60.4 Å². The summed E-state index contributed by atoms with van der Waals surface area (Å²) in [5.74, 6) is -1.90. The summed E-state index contributed by atoms with van der Waals surface area (Å²) in [7, 11) is 0.995. The van der Waals surface area contributed by atoms with Crippen LogP contribution in [-0.4, -0.2) is 21.0 Å². The van der Waals surface area contributed by atoms with Gasteiger partial charge >= 0.3 is 5.97 Å². The molecule has 0 aliphatic heterocycles. The van der Waals surface area contributed by atoms with Crippen LogP contribution in [0, 0.1) is 5.82 Å². The smallest absolute Gasteiger partial charge is 0.341 e. The molecule has 0 aliphatic carbocycles. The molecule has 1 aromatic rings. The predicted molar refractivity (Wildman–Crippen MR) is 78.9 cm³/mol. The second-order valence-electron chi connectivity index (χ2n) is 4.40. The molecular formula is C13H15Cl2FO4S. The molecule has 0 N–H and O–H groups in total. The summed E-state index contributed by atoms with van der Waals surface area (Å²) in [6, 6.07) is 1.51. The maximum Gasteiger partial charge on any atom is 0.341 e.